The molecule has 0 aromatic heterocycles. The Hall–Kier alpha value is -4.19. The van der Waals surface area contributed by atoms with Crippen molar-refractivity contribution in [3.05, 3.63) is 131 Å². The molecule has 2 fully saturated rings. The van der Waals surface area contributed by atoms with Crippen LogP contribution in [0.3, 0.4) is 0 Å². The molecule has 4 aromatic carbocycles. The Balaban J connectivity index is 1.52. The van der Waals surface area contributed by atoms with Crippen LogP contribution in [0, 0.1) is 0 Å². The molecular formula is C38H40N3O4P. The zero-order chi connectivity index (χ0) is 31.6. The molecule has 0 N–H and O–H groups in total. The molecule has 7 rings (SSSR count). The second-order valence-corrected chi connectivity index (χ2v) is 13.5. The van der Waals surface area contributed by atoms with Crippen molar-refractivity contribution in [3.63, 3.8) is 0 Å². The van der Waals surface area contributed by atoms with E-state index >= 15 is 0 Å². The molecule has 0 radical (unpaired) electrons. The van der Waals surface area contributed by atoms with Crippen molar-refractivity contribution in [2.24, 2.45) is 0 Å². The van der Waals surface area contributed by atoms with Gasteiger partial charge in [-0.1, -0.05) is 99.5 Å². The Labute approximate surface area is 272 Å². The van der Waals surface area contributed by atoms with Crippen LogP contribution in [0.2, 0.25) is 0 Å². The molecule has 1 saturated heterocycles. The third-order valence-electron chi connectivity index (χ3n) is 9.61. The molecular weight excluding hydrogens is 593 g/mol. The van der Waals surface area contributed by atoms with E-state index in [2.05, 4.69) is 40.5 Å². The first-order valence-corrected chi connectivity index (χ1v) is 17.6. The monoisotopic (exact) mass is 633 g/mol. The highest BCUT2D eigenvalue weighted by molar-refractivity contribution is 7.45. The molecule has 0 bridgehead atoms. The first kappa shape index (κ1) is 30.5. The molecule has 8 heteroatoms. The van der Waals surface area contributed by atoms with Gasteiger partial charge in [-0.15, -0.1) is 0 Å². The first-order chi connectivity index (χ1) is 22.6. The summed E-state index contributed by atoms with van der Waals surface area (Å²) in [4.78, 5) is 33.9. The topological polar surface area (TPSA) is 62.3 Å². The van der Waals surface area contributed by atoms with Gasteiger partial charge in [-0.3, -0.25) is 9.59 Å². The number of amides is 2. The van der Waals surface area contributed by atoms with Gasteiger partial charge in [0.05, 0.1) is 24.2 Å². The lowest BCUT2D eigenvalue weighted by Gasteiger charge is -2.57. The van der Waals surface area contributed by atoms with Gasteiger partial charge < -0.3 is 18.8 Å². The van der Waals surface area contributed by atoms with Crippen molar-refractivity contribution >= 4 is 20.3 Å². The molecule has 4 atom stereocenters. The Morgan fingerprint density at radius 3 is 1.43 bits per heavy atom. The summed E-state index contributed by atoms with van der Waals surface area (Å²) in [5.74, 6) is 1.29. The zero-order valence-electron chi connectivity index (χ0n) is 26.4. The summed E-state index contributed by atoms with van der Waals surface area (Å²) in [5, 5.41) is 0. The summed E-state index contributed by atoms with van der Waals surface area (Å²) < 4.78 is 15.9. The van der Waals surface area contributed by atoms with E-state index in [1.165, 1.54) is 0 Å². The molecule has 0 unspecified atom stereocenters. The number of carbonyl (C=O) groups is 2. The van der Waals surface area contributed by atoms with Gasteiger partial charge in [0.1, 0.15) is 11.5 Å². The fourth-order valence-electron chi connectivity index (χ4n) is 7.48. The normalized spacial score (nSPS) is 22.5. The molecule has 46 heavy (non-hydrogen) atoms. The van der Waals surface area contributed by atoms with Crippen LogP contribution in [-0.2, 0) is 0 Å². The van der Waals surface area contributed by atoms with Crippen LogP contribution < -0.4 is 9.05 Å². The van der Waals surface area contributed by atoms with E-state index in [1.54, 1.807) is 0 Å². The molecule has 7 nitrogen and oxygen atoms in total. The minimum absolute atomic E-state index is 0.0298. The summed E-state index contributed by atoms with van der Waals surface area (Å²) in [6.07, 6.45) is 3.63. The van der Waals surface area contributed by atoms with Crippen LogP contribution in [0.5, 0.6) is 11.5 Å². The van der Waals surface area contributed by atoms with Gasteiger partial charge in [0.25, 0.3) is 11.8 Å². The van der Waals surface area contributed by atoms with Crippen molar-refractivity contribution < 1.29 is 18.6 Å². The summed E-state index contributed by atoms with van der Waals surface area (Å²) in [6, 6.07) is 33.8. The number of nitrogens with zero attached hydrogens (tertiary/aromatic N) is 3. The molecule has 2 heterocycles. The maximum Gasteiger partial charge on any atom is 0.384 e. The van der Waals surface area contributed by atoms with E-state index in [1.807, 2.05) is 97.1 Å². The summed E-state index contributed by atoms with van der Waals surface area (Å²) in [5.41, 5.74) is 3.04. The van der Waals surface area contributed by atoms with Gasteiger partial charge >= 0.3 is 8.53 Å². The number of piperazine rings is 1. The van der Waals surface area contributed by atoms with Crippen LogP contribution in [-0.4, -0.2) is 51.5 Å². The molecule has 0 spiro atoms. The van der Waals surface area contributed by atoms with E-state index < -0.39 is 20.6 Å². The second-order valence-electron chi connectivity index (χ2n) is 12.1. The highest BCUT2D eigenvalue weighted by Gasteiger charge is 2.54. The average molecular weight is 634 g/mol. The standard InChI is InChI=1S/C38H40N3O4P/c1-3-39(4-2)46-44-33-25-15-11-21-29(33)35-36(30-22-12-16-26-34(30)45-46)41(38(43)28-19-9-6-10-20-28)32-24-14-13-23-31(32)40(35)37(42)27-17-7-5-8-18-27/h5-12,15-22,25-26,31-32,35-36H,3-4,13-14,23-24H2,1-2H3/t31-,32-,35+,36+/m1/s1. The molecule has 236 valence electrons. The number of fused-ring (bicyclic) bond motifs is 6. The van der Waals surface area contributed by atoms with E-state index in [-0.39, 0.29) is 23.9 Å². The zero-order valence-corrected chi connectivity index (χ0v) is 27.3. The number of hydrogen-bond acceptors (Lipinski definition) is 5. The van der Waals surface area contributed by atoms with Crippen molar-refractivity contribution in [1.82, 2.24) is 14.5 Å². The average Bonchev–Trinajstić information content (AvgIpc) is 3.17. The third kappa shape index (κ3) is 5.46. The van der Waals surface area contributed by atoms with Crippen LogP contribution >= 0.6 is 8.53 Å². The quantitative estimate of drug-likeness (QED) is 0.207. The fourth-order valence-corrected chi connectivity index (χ4v) is 8.88. The Morgan fingerprint density at radius 2 is 1.02 bits per heavy atom. The Bertz CT molecular complexity index is 1560. The molecule has 2 amide bonds. The van der Waals surface area contributed by atoms with E-state index in [4.69, 9.17) is 9.05 Å². The molecule has 1 saturated carbocycles. The predicted molar refractivity (Wildman–Crippen MR) is 181 cm³/mol. The van der Waals surface area contributed by atoms with Crippen LogP contribution in [0.25, 0.3) is 0 Å². The highest BCUT2D eigenvalue weighted by atomic mass is 31.2. The molecule has 4 aromatic rings. The third-order valence-corrected chi connectivity index (χ3v) is 11.3. The van der Waals surface area contributed by atoms with Gasteiger partial charge in [0.15, 0.2) is 0 Å². The summed E-state index contributed by atoms with van der Waals surface area (Å²) in [7, 11) is -1.53. The molecule has 2 aliphatic heterocycles. The number of rotatable bonds is 5. The van der Waals surface area contributed by atoms with Crippen molar-refractivity contribution in [1.29, 1.82) is 0 Å². The Kier molecular flexibility index (Phi) is 8.79. The van der Waals surface area contributed by atoms with E-state index in [0.717, 1.165) is 49.9 Å². The number of hydrogen-bond donors (Lipinski definition) is 0. The predicted octanol–water partition coefficient (Wildman–Crippen LogP) is 8.42. The van der Waals surface area contributed by atoms with Crippen LogP contribution in [0.4, 0.5) is 0 Å². The van der Waals surface area contributed by atoms with Gasteiger partial charge in [-0.2, -0.15) is 0 Å². The first-order valence-electron chi connectivity index (χ1n) is 16.4. The lowest BCUT2D eigenvalue weighted by Crippen LogP contribution is -2.65. The van der Waals surface area contributed by atoms with E-state index in [0.29, 0.717) is 22.6 Å². The Morgan fingerprint density at radius 1 is 0.630 bits per heavy atom. The minimum Gasteiger partial charge on any atom is -0.427 e. The lowest BCUT2D eigenvalue weighted by molar-refractivity contribution is -0.0531. The van der Waals surface area contributed by atoms with E-state index in [9.17, 15) is 9.59 Å². The van der Waals surface area contributed by atoms with Crippen LogP contribution in [0.15, 0.2) is 109 Å². The van der Waals surface area contributed by atoms with Crippen molar-refractivity contribution in [2.45, 2.75) is 63.7 Å². The lowest BCUT2D eigenvalue weighted by atomic mass is 9.77. The number of para-hydroxylation sites is 2. The minimum atomic E-state index is -1.53. The summed E-state index contributed by atoms with van der Waals surface area (Å²) >= 11 is 0. The van der Waals surface area contributed by atoms with Gasteiger partial charge in [0.2, 0.25) is 0 Å². The maximum absolute atomic E-state index is 14.9. The number of carbonyl (C=O) groups excluding carboxylic acids is 2. The summed E-state index contributed by atoms with van der Waals surface area (Å²) in [6.45, 7) is 5.71. The van der Waals surface area contributed by atoms with Gasteiger partial charge in [-0.25, -0.2) is 4.67 Å². The fraction of sp³-hybridized carbons (Fsp3) is 0.316. The number of benzene rings is 4. The van der Waals surface area contributed by atoms with Gasteiger partial charge in [0, 0.05) is 35.3 Å². The smallest absolute Gasteiger partial charge is 0.384 e. The maximum atomic E-state index is 14.9. The largest absolute Gasteiger partial charge is 0.427 e. The van der Waals surface area contributed by atoms with Gasteiger partial charge in [-0.05, 0) is 49.2 Å². The molecule has 3 aliphatic rings. The molecule has 1 aliphatic carbocycles. The van der Waals surface area contributed by atoms with Crippen molar-refractivity contribution in [2.75, 3.05) is 13.1 Å². The second kappa shape index (κ2) is 13.3. The SMILES string of the molecule is CCN(CC)P1Oc2ccccc2[C@H]2[C@H](c3ccccc3O1)N(C(=O)c1ccccc1)[C@@H]1CCCC[C@H]1N2C(=O)c1ccccc1. The highest BCUT2D eigenvalue weighted by Crippen LogP contribution is 2.57. The van der Waals surface area contributed by atoms with Crippen molar-refractivity contribution in [3.8, 4) is 11.5 Å². The van der Waals surface area contributed by atoms with Crippen LogP contribution in [0.1, 0.15) is 83.5 Å².